The molecule has 2 heterocycles. The van der Waals surface area contributed by atoms with Crippen LogP contribution in [0.5, 0.6) is 0 Å². The highest BCUT2D eigenvalue weighted by molar-refractivity contribution is 5.86. The number of ether oxygens (including phenoxy) is 2. The Morgan fingerprint density at radius 3 is 2.83 bits per heavy atom. The lowest BCUT2D eigenvalue weighted by atomic mass is 9.96. The first-order valence-electron chi connectivity index (χ1n) is 8.95. The molecule has 3 atom stereocenters. The zero-order valence-electron chi connectivity index (χ0n) is 14.7. The van der Waals surface area contributed by atoms with Crippen LogP contribution in [0.2, 0.25) is 0 Å². The Morgan fingerprint density at radius 2 is 2.21 bits per heavy atom. The SMILES string of the molecule is CC(=O)OC(CCCCCC1CCCCN1C)C1=CC(=O)OC1O. The summed E-state index contributed by atoms with van der Waals surface area (Å²) >= 11 is 0. The molecule has 0 saturated carbocycles. The summed E-state index contributed by atoms with van der Waals surface area (Å²) in [7, 11) is 2.20. The molecule has 1 N–H and O–H groups in total. The van der Waals surface area contributed by atoms with Gasteiger partial charge in [0.15, 0.2) is 0 Å². The van der Waals surface area contributed by atoms with Crippen molar-refractivity contribution >= 4 is 11.9 Å². The van der Waals surface area contributed by atoms with E-state index in [1.54, 1.807) is 0 Å². The first-order valence-corrected chi connectivity index (χ1v) is 8.95. The van der Waals surface area contributed by atoms with Crippen molar-refractivity contribution in [3.05, 3.63) is 11.6 Å². The Balaban J connectivity index is 1.73. The maximum absolute atomic E-state index is 11.3. The highest BCUT2D eigenvalue weighted by Crippen LogP contribution is 2.25. The van der Waals surface area contributed by atoms with Gasteiger partial charge in [-0.05, 0) is 45.7 Å². The molecule has 0 spiro atoms. The van der Waals surface area contributed by atoms with E-state index in [4.69, 9.17) is 4.74 Å². The van der Waals surface area contributed by atoms with E-state index in [2.05, 4.69) is 16.7 Å². The third-order valence-corrected chi connectivity index (χ3v) is 4.90. The molecule has 2 rings (SSSR count). The van der Waals surface area contributed by atoms with E-state index >= 15 is 0 Å². The van der Waals surface area contributed by atoms with Gasteiger partial charge in [-0.2, -0.15) is 0 Å². The molecule has 24 heavy (non-hydrogen) atoms. The summed E-state index contributed by atoms with van der Waals surface area (Å²) in [5, 5.41) is 9.74. The number of carbonyl (C=O) groups excluding carboxylic acids is 2. The molecule has 6 nitrogen and oxygen atoms in total. The third kappa shape index (κ3) is 5.60. The molecule has 2 aliphatic rings. The van der Waals surface area contributed by atoms with E-state index in [1.807, 2.05) is 0 Å². The van der Waals surface area contributed by atoms with E-state index in [-0.39, 0.29) is 0 Å². The van der Waals surface area contributed by atoms with Crippen molar-refractivity contribution in [3.63, 3.8) is 0 Å². The number of rotatable bonds is 8. The molecule has 0 aromatic carbocycles. The number of esters is 2. The molecule has 0 aromatic rings. The molecule has 0 aromatic heterocycles. The van der Waals surface area contributed by atoms with Crippen LogP contribution in [-0.2, 0) is 19.1 Å². The standard InChI is InChI=1S/C18H29NO5/c1-13(20)23-16(15-12-17(21)24-18(15)22)10-5-3-4-8-14-9-6-7-11-19(14)2/h12,14,16,18,22H,3-11H2,1-2H3. The quantitative estimate of drug-likeness (QED) is 0.539. The van der Waals surface area contributed by atoms with Crippen molar-refractivity contribution in [3.8, 4) is 0 Å². The number of cyclic esters (lactones) is 1. The lowest BCUT2D eigenvalue weighted by Gasteiger charge is -2.32. The number of aliphatic hydroxyl groups excluding tert-OH is 1. The first-order chi connectivity index (χ1) is 11.5. The fourth-order valence-corrected chi connectivity index (χ4v) is 3.56. The van der Waals surface area contributed by atoms with Crippen molar-refractivity contribution < 1.29 is 24.2 Å². The van der Waals surface area contributed by atoms with Gasteiger partial charge < -0.3 is 19.5 Å². The Bertz CT molecular complexity index is 476. The van der Waals surface area contributed by atoms with Crippen LogP contribution in [0, 0.1) is 0 Å². The van der Waals surface area contributed by atoms with Gasteiger partial charge in [0.2, 0.25) is 6.29 Å². The largest absolute Gasteiger partial charge is 0.458 e. The summed E-state index contributed by atoms with van der Waals surface area (Å²) in [6.45, 7) is 2.52. The number of aliphatic hydroxyl groups is 1. The molecular weight excluding hydrogens is 310 g/mol. The van der Waals surface area contributed by atoms with Crippen LogP contribution in [-0.4, -0.2) is 54.0 Å². The Labute approximate surface area is 143 Å². The minimum Gasteiger partial charge on any atom is -0.458 e. The molecule has 2 aliphatic heterocycles. The molecule has 6 heteroatoms. The predicted molar refractivity (Wildman–Crippen MR) is 89.1 cm³/mol. The summed E-state index contributed by atoms with van der Waals surface area (Å²) in [5.74, 6) is -1.01. The van der Waals surface area contributed by atoms with Crippen LogP contribution < -0.4 is 0 Å². The second kappa shape index (κ2) is 9.18. The van der Waals surface area contributed by atoms with Crippen LogP contribution in [0.25, 0.3) is 0 Å². The van der Waals surface area contributed by atoms with E-state index < -0.39 is 24.3 Å². The summed E-state index contributed by atoms with van der Waals surface area (Å²) in [6.07, 6.45) is 8.12. The van der Waals surface area contributed by atoms with E-state index in [0.29, 0.717) is 18.0 Å². The van der Waals surface area contributed by atoms with Gasteiger partial charge in [0.05, 0.1) is 0 Å². The van der Waals surface area contributed by atoms with Crippen LogP contribution in [0.3, 0.4) is 0 Å². The van der Waals surface area contributed by atoms with Crippen molar-refractivity contribution in [1.82, 2.24) is 4.90 Å². The average Bonchev–Trinajstić information content (AvgIpc) is 2.85. The number of unbranched alkanes of at least 4 members (excludes halogenated alkanes) is 2. The van der Waals surface area contributed by atoms with Crippen LogP contribution in [0.4, 0.5) is 0 Å². The lowest BCUT2D eigenvalue weighted by Crippen LogP contribution is -2.36. The van der Waals surface area contributed by atoms with Gasteiger partial charge in [0.1, 0.15) is 6.10 Å². The number of hydrogen-bond acceptors (Lipinski definition) is 6. The monoisotopic (exact) mass is 339 g/mol. The van der Waals surface area contributed by atoms with Gasteiger partial charge in [-0.1, -0.05) is 19.3 Å². The summed E-state index contributed by atoms with van der Waals surface area (Å²) in [4.78, 5) is 25.0. The summed E-state index contributed by atoms with van der Waals surface area (Å²) in [5.41, 5.74) is 0.349. The van der Waals surface area contributed by atoms with E-state index in [1.165, 1.54) is 45.2 Å². The Kier molecular flexibility index (Phi) is 7.24. The van der Waals surface area contributed by atoms with Crippen molar-refractivity contribution in [2.24, 2.45) is 0 Å². The number of hydrogen-bond donors (Lipinski definition) is 1. The highest BCUT2D eigenvalue weighted by Gasteiger charge is 2.31. The number of likely N-dealkylation sites (tertiary alicyclic amines) is 1. The fraction of sp³-hybridized carbons (Fsp3) is 0.778. The van der Waals surface area contributed by atoms with Gasteiger partial charge in [0.25, 0.3) is 0 Å². The number of nitrogens with zero attached hydrogens (tertiary/aromatic N) is 1. The molecule has 1 fully saturated rings. The van der Waals surface area contributed by atoms with Crippen molar-refractivity contribution in [2.45, 2.75) is 76.7 Å². The predicted octanol–water partition coefficient (Wildman–Crippen LogP) is 2.15. The molecule has 0 bridgehead atoms. The third-order valence-electron chi connectivity index (χ3n) is 4.90. The maximum Gasteiger partial charge on any atom is 0.333 e. The minimum absolute atomic E-state index is 0.349. The topological polar surface area (TPSA) is 76.1 Å². The minimum atomic E-state index is -1.29. The van der Waals surface area contributed by atoms with Gasteiger partial charge in [0, 0.05) is 24.6 Å². The molecule has 3 unspecified atom stereocenters. The molecule has 1 saturated heterocycles. The normalized spacial score (nSPS) is 26.0. The second-order valence-corrected chi connectivity index (χ2v) is 6.80. The maximum atomic E-state index is 11.3. The van der Waals surface area contributed by atoms with Crippen molar-refractivity contribution in [1.29, 1.82) is 0 Å². The molecular formula is C18H29NO5. The van der Waals surface area contributed by atoms with Gasteiger partial charge in [-0.15, -0.1) is 0 Å². The zero-order chi connectivity index (χ0) is 17.5. The first kappa shape index (κ1) is 18.9. The molecule has 0 aliphatic carbocycles. The summed E-state index contributed by atoms with van der Waals surface area (Å²) in [6, 6.07) is 0.688. The van der Waals surface area contributed by atoms with Crippen molar-refractivity contribution in [2.75, 3.05) is 13.6 Å². The second-order valence-electron chi connectivity index (χ2n) is 6.80. The molecule has 0 radical (unpaired) electrons. The smallest absolute Gasteiger partial charge is 0.333 e. The van der Waals surface area contributed by atoms with Gasteiger partial charge >= 0.3 is 11.9 Å². The Morgan fingerprint density at radius 1 is 1.42 bits per heavy atom. The van der Waals surface area contributed by atoms with Crippen LogP contribution in [0.15, 0.2) is 11.6 Å². The lowest BCUT2D eigenvalue weighted by molar-refractivity contribution is -0.153. The molecule has 136 valence electrons. The van der Waals surface area contributed by atoms with Crippen LogP contribution in [0.1, 0.15) is 58.3 Å². The average molecular weight is 339 g/mol. The van der Waals surface area contributed by atoms with E-state index in [0.717, 1.165) is 19.3 Å². The highest BCUT2D eigenvalue weighted by atomic mass is 16.6. The number of carbonyl (C=O) groups is 2. The Hall–Kier alpha value is -1.40. The summed E-state index contributed by atoms with van der Waals surface area (Å²) < 4.78 is 9.94. The van der Waals surface area contributed by atoms with Gasteiger partial charge in [-0.3, -0.25) is 4.79 Å². The van der Waals surface area contributed by atoms with Crippen LogP contribution >= 0.6 is 0 Å². The van der Waals surface area contributed by atoms with Gasteiger partial charge in [-0.25, -0.2) is 4.79 Å². The molecule has 0 amide bonds. The number of piperidine rings is 1. The zero-order valence-corrected chi connectivity index (χ0v) is 14.7. The van der Waals surface area contributed by atoms with E-state index in [9.17, 15) is 14.7 Å². The fourth-order valence-electron chi connectivity index (χ4n) is 3.56.